The molecule has 25 heavy (non-hydrogen) atoms. The van der Waals surface area contributed by atoms with Gasteiger partial charge in [-0.3, -0.25) is 10.7 Å². The van der Waals surface area contributed by atoms with Gasteiger partial charge in [-0.1, -0.05) is 30.3 Å². The van der Waals surface area contributed by atoms with Crippen molar-refractivity contribution in [2.24, 2.45) is 0 Å². The van der Waals surface area contributed by atoms with Gasteiger partial charge in [-0.15, -0.1) is 11.3 Å². The van der Waals surface area contributed by atoms with Gasteiger partial charge in [0.1, 0.15) is 17.3 Å². The lowest BCUT2D eigenvalue weighted by Gasteiger charge is -2.08. The zero-order chi connectivity index (χ0) is 17.8. The second-order valence-corrected chi connectivity index (χ2v) is 6.31. The molecule has 1 aromatic heterocycles. The molecule has 0 unspecified atom stereocenters. The first kappa shape index (κ1) is 16.7. The predicted octanol–water partition coefficient (Wildman–Crippen LogP) is 3.85. The van der Waals surface area contributed by atoms with E-state index in [0.29, 0.717) is 10.9 Å². The van der Waals surface area contributed by atoms with Gasteiger partial charge in [0.05, 0.1) is 0 Å². The zero-order valence-electron chi connectivity index (χ0n) is 13.0. The van der Waals surface area contributed by atoms with Crippen LogP contribution in [0.1, 0.15) is 20.8 Å². The van der Waals surface area contributed by atoms with Crippen LogP contribution in [-0.2, 0) is 11.3 Å². The maximum absolute atomic E-state index is 11.8. The van der Waals surface area contributed by atoms with Crippen LogP contribution in [0.3, 0.4) is 0 Å². The number of amidine groups is 1. The molecule has 3 rings (SSSR count). The summed E-state index contributed by atoms with van der Waals surface area (Å²) >= 11 is 1.16. The lowest BCUT2D eigenvalue weighted by atomic mass is 10.1. The number of thiophene rings is 1. The first-order valence-corrected chi connectivity index (χ1v) is 8.18. The normalized spacial score (nSPS) is 10.4. The van der Waals surface area contributed by atoms with Gasteiger partial charge >= 0.3 is 12.1 Å². The van der Waals surface area contributed by atoms with Crippen molar-refractivity contribution in [3.8, 4) is 0 Å². The number of carbonyl (C=O) groups is 2. The molecule has 1 amide bonds. The molecule has 0 atom stereocenters. The standard InChI is InChI=1S/C18H14N2O4S/c19-16(20-18(23)24-10-11-4-2-1-3-5-11)12-6-7-14-13(8-12)9-15(25-14)17(21)22/h1-9H,10H2,(H,21,22)(H2,19,20,23). The Morgan fingerprint density at radius 3 is 2.60 bits per heavy atom. The third-order valence-corrected chi connectivity index (χ3v) is 4.56. The zero-order valence-corrected chi connectivity index (χ0v) is 13.8. The number of carboxylic acids is 1. The number of aromatic carboxylic acids is 1. The molecule has 0 aliphatic carbocycles. The molecule has 3 N–H and O–H groups in total. The summed E-state index contributed by atoms with van der Waals surface area (Å²) in [6, 6.07) is 15.8. The van der Waals surface area contributed by atoms with E-state index >= 15 is 0 Å². The first-order valence-electron chi connectivity index (χ1n) is 7.36. The largest absolute Gasteiger partial charge is 0.477 e. The second-order valence-electron chi connectivity index (χ2n) is 5.23. The van der Waals surface area contributed by atoms with Crippen LogP contribution in [0.2, 0.25) is 0 Å². The molecule has 3 aromatic rings. The molecule has 2 aromatic carbocycles. The van der Waals surface area contributed by atoms with Gasteiger partial charge in [-0.2, -0.15) is 0 Å². The number of carboxylic acid groups (broad SMARTS) is 1. The fourth-order valence-electron chi connectivity index (χ4n) is 2.24. The number of fused-ring (bicyclic) bond motifs is 1. The molecule has 6 nitrogen and oxygen atoms in total. The Hall–Kier alpha value is -3.19. The van der Waals surface area contributed by atoms with Gasteiger partial charge in [-0.05, 0) is 35.2 Å². The summed E-state index contributed by atoms with van der Waals surface area (Å²) in [4.78, 5) is 23.1. The van der Waals surface area contributed by atoms with Crippen LogP contribution in [0.25, 0.3) is 10.1 Å². The van der Waals surface area contributed by atoms with Crippen molar-refractivity contribution in [2.75, 3.05) is 0 Å². The van der Waals surface area contributed by atoms with Crippen LogP contribution in [0.15, 0.2) is 54.6 Å². The van der Waals surface area contributed by atoms with E-state index in [1.54, 1.807) is 24.3 Å². The van der Waals surface area contributed by atoms with Crippen molar-refractivity contribution in [1.29, 1.82) is 5.41 Å². The number of nitrogens with one attached hydrogen (secondary N) is 2. The molecule has 0 aliphatic rings. The average Bonchev–Trinajstić information content (AvgIpc) is 3.04. The molecule has 0 saturated heterocycles. The van der Waals surface area contributed by atoms with E-state index in [0.717, 1.165) is 21.6 Å². The fourth-order valence-corrected chi connectivity index (χ4v) is 3.12. The number of amides is 1. The SMILES string of the molecule is N=C(NC(=O)OCc1ccccc1)c1ccc2sc(C(=O)O)cc2c1. The van der Waals surface area contributed by atoms with Crippen LogP contribution in [0.5, 0.6) is 0 Å². The molecule has 0 saturated carbocycles. The van der Waals surface area contributed by atoms with Crippen molar-refractivity contribution in [1.82, 2.24) is 5.32 Å². The third kappa shape index (κ3) is 4.02. The van der Waals surface area contributed by atoms with Gasteiger partial charge in [-0.25, -0.2) is 9.59 Å². The highest BCUT2D eigenvalue weighted by Crippen LogP contribution is 2.26. The molecule has 0 bridgehead atoms. The lowest BCUT2D eigenvalue weighted by Crippen LogP contribution is -2.30. The minimum absolute atomic E-state index is 0.108. The molecule has 7 heteroatoms. The topological polar surface area (TPSA) is 99.5 Å². The van der Waals surface area contributed by atoms with E-state index in [1.165, 1.54) is 0 Å². The summed E-state index contributed by atoms with van der Waals surface area (Å²) in [5.74, 6) is -1.09. The monoisotopic (exact) mass is 354 g/mol. The molecule has 1 heterocycles. The maximum Gasteiger partial charge on any atom is 0.413 e. The highest BCUT2D eigenvalue weighted by Gasteiger charge is 2.12. The van der Waals surface area contributed by atoms with Crippen molar-refractivity contribution >= 4 is 39.3 Å². The Bertz CT molecular complexity index is 950. The summed E-state index contributed by atoms with van der Waals surface area (Å²) in [5, 5.41) is 20.1. The number of benzene rings is 2. The van der Waals surface area contributed by atoms with E-state index in [4.69, 9.17) is 15.3 Å². The van der Waals surface area contributed by atoms with Crippen LogP contribution < -0.4 is 5.32 Å². The van der Waals surface area contributed by atoms with Crippen molar-refractivity contribution < 1.29 is 19.4 Å². The van der Waals surface area contributed by atoms with E-state index in [2.05, 4.69) is 5.32 Å². The molecular formula is C18H14N2O4S. The molecular weight excluding hydrogens is 340 g/mol. The Kier molecular flexibility index (Phi) is 4.76. The van der Waals surface area contributed by atoms with E-state index in [1.807, 2.05) is 30.3 Å². The van der Waals surface area contributed by atoms with Gasteiger partial charge in [0.25, 0.3) is 0 Å². The van der Waals surface area contributed by atoms with Crippen LogP contribution in [0.4, 0.5) is 4.79 Å². The van der Waals surface area contributed by atoms with Crippen LogP contribution >= 0.6 is 11.3 Å². The smallest absolute Gasteiger partial charge is 0.413 e. The Morgan fingerprint density at radius 1 is 1.12 bits per heavy atom. The predicted molar refractivity (Wildman–Crippen MR) is 95.4 cm³/mol. The quantitative estimate of drug-likeness (QED) is 0.489. The average molecular weight is 354 g/mol. The highest BCUT2D eigenvalue weighted by atomic mass is 32.1. The van der Waals surface area contributed by atoms with E-state index in [9.17, 15) is 9.59 Å². The maximum atomic E-state index is 11.8. The van der Waals surface area contributed by atoms with Gasteiger partial charge in [0, 0.05) is 10.3 Å². The summed E-state index contributed by atoms with van der Waals surface area (Å²) in [5.41, 5.74) is 1.32. The van der Waals surface area contributed by atoms with E-state index in [-0.39, 0.29) is 17.3 Å². The van der Waals surface area contributed by atoms with Crippen LogP contribution in [0, 0.1) is 5.41 Å². The Morgan fingerprint density at radius 2 is 1.88 bits per heavy atom. The van der Waals surface area contributed by atoms with E-state index < -0.39 is 12.1 Å². The summed E-state index contributed by atoms with van der Waals surface area (Å²) < 4.78 is 5.88. The molecule has 126 valence electrons. The third-order valence-electron chi connectivity index (χ3n) is 3.46. The number of ether oxygens (including phenoxy) is 1. The minimum atomic E-state index is -0.986. The van der Waals surface area contributed by atoms with Gasteiger partial charge in [0.2, 0.25) is 0 Å². The number of hydrogen-bond acceptors (Lipinski definition) is 5. The Balaban J connectivity index is 1.65. The number of hydrogen-bond donors (Lipinski definition) is 3. The molecule has 0 aliphatic heterocycles. The fraction of sp³-hybridized carbons (Fsp3) is 0.0556. The number of carbonyl (C=O) groups excluding carboxylic acids is 1. The number of alkyl carbamates (subject to hydrolysis) is 1. The Labute approximate surface area is 147 Å². The van der Waals surface area contributed by atoms with Crippen molar-refractivity contribution in [2.45, 2.75) is 6.61 Å². The highest BCUT2D eigenvalue weighted by molar-refractivity contribution is 7.20. The van der Waals surface area contributed by atoms with Crippen molar-refractivity contribution in [3.63, 3.8) is 0 Å². The number of rotatable bonds is 4. The minimum Gasteiger partial charge on any atom is -0.477 e. The summed E-state index contributed by atoms with van der Waals surface area (Å²) in [7, 11) is 0. The second kappa shape index (κ2) is 7.14. The first-order chi connectivity index (χ1) is 12.0. The molecule has 0 spiro atoms. The summed E-state index contributed by atoms with van der Waals surface area (Å²) in [6.07, 6.45) is -0.717. The molecule has 0 radical (unpaired) electrons. The molecule has 0 fully saturated rings. The van der Waals surface area contributed by atoms with Gasteiger partial charge in [0.15, 0.2) is 0 Å². The van der Waals surface area contributed by atoms with Crippen molar-refractivity contribution in [3.05, 3.63) is 70.6 Å². The lowest BCUT2D eigenvalue weighted by molar-refractivity contribution is 0.0702. The summed E-state index contributed by atoms with van der Waals surface area (Å²) in [6.45, 7) is 0.117. The van der Waals surface area contributed by atoms with Gasteiger partial charge < -0.3 is 9.84 Å². The van der Waals surface area contributed by atoms with Crippen LogP contribution in [-0.4, -0.2) is 23.0 Å².